The molecule has 0 aliphatic carbocycles. The minimum Gasteiger partial charge on any atom is -0.338 e. The molecule has 1 aliphatic heterocycles. The monoisotopic (exact) mass is 283 g/mol. The van der Waals surface area contributed by atoms with Gasteiger partial charge in [0.15, 0.2) is 0 Å². The lowest BCUT2D eigenvalue weighted by Gasteiger charge is -2.33. The number of rotatable bonds is 2. The van der Waals surface area contributed by atoms with Crippen molar-refractivity contribution in [3.8, 4) is 0 Å². The van der Waals surface area contributed by atoms with E-state index in [-0.39, 0.29) is 11.5 Å². The summed E-state index contributed by atoms with van der Waals surface area (Å²) in [6, 6.07) is 16.4. The average molecular weight is 283 g/mol. The Bertz CT molecular complexity index is 626. The molecule has 2 nitrogen and oxygen atoms in total. The number of hydrogen-bond donors (Lipinski definition) is 0. The topological polar surface area (TPSA) is 20.3 Å². The maximum absolute atomic E-state index is 13.8. The Morgan fingerprint density at radius 1 is 1.05 bits per heavy atom. The Morgan fingerprint density at radius 3 is 2.52 bits per heavy atom. The summed E-state index contributed by atoms with van der Waals surface area (Å²) in [5, 5.41) is 0. The Labute approximate surface area is 124 Å². The first-order chi connectivity index (χ1) is 10.3. The van der Waals surface area contributed by atoms with Gasteiger partial charge in [-0.15, -0.1) is 0 Å². The average Bonchev–Trinajstić information content (AvgIpc) is 2.56. The summed E-state index contributed by atoms with van der Waals surface area (Å²) in [5.74, 6) is -0.297. The quantitative estimate of drug-likeness (QED) is 0.820. The number of nitrogens with zero attached hydrogens (tertiary/aromatic N) is 1. The first-order valence-corrected chi connectivity index (χ1v) is 7.34. The van der Waals surface area contributed by atoms with E-state index in [9.17, 15) is 9.18 Å². The molecule has 3 heteroatoms. The van der Waals surface area contributed by atoms with Crippen molar-refractivity contribution >= 4 is 5.91 Å². The van der Waals surface area contributed by atoms with Crippen LogP contribution in [0.4, 0.5) is 4.39 Å². The van der Waals surface area contributed by atoms with Crippen LogP contribution in [0.3, 0.4) is 0 Å². The number of amides is 1. The van der Waals surface area contributed by atoms with Gasteiger partial charge in [0, 0.05) is 19.0 Å². The molecule has 21 heavy (non-hydrogen) atoms. The minimum atomic E-state index is -0.440. The van der Waals surface area contributed by atoms with Crippen LogP contribution in [0.1, 0.15) is 34.7 Å². The van der Waals surface area contributed by atoms with Crippen molar-refractivity contribution < 1.29 is 9.18 Å². The summed E-state index contributed by atoms with van der Waals surface area (Å²) < 4.78 is 13.8. The third-order valence-corrected chi connectivity index (χ3v) is 4.08. The van der Waals surface area contributed by atoms with Crippen LogP contribution in [0.15, 0.2) is 54.6 Å². The SMILES string of the molecule is O=C(c1ccccc1F)N1CCC[C@H](c2ccccc2)C1. The van der Waals surface area contributed by atoms with E-state index >= 15 is 0 Å². The fourth-order valence-electron chi connectivity index (χ4n) is 2.96. The van der Waals surface area contributed by atoms with E-state index in [0.717, 1.165) is 12.8 Å². The molecule has 2 aromatic carbocycles. The zero-order chi connectivity index (χ0) is 14.7. The van der Waals surface area contributed by atoms with E-state index in [1.54, 1.807) is 23.1 Å². The summed E-state index contributed by atoms with van der Waals surface area (Å²) >= 11 is 0. The van der Waals surface area contributed by atoms with E-state index < -0.39 is 5.82 Å². The number of carbonyl (C=O) groups is 1. The molecule has 1 saturated heterocycles. The second kappa shape index (κ2) is 6.08. The Kier molecular flexibility index (Phi) is 4.00. The summed E-state index contributed by atoms with van der Waals surface area (Å²) in [7, 11) is 0. The summed E-state index contributed by atoms with van der Waals surface area (Å²) in [5.41, 5.74) is 1.43. The molecule has 0 aromatic heterocycles. The molecule has 0 unspecified atom stereocenters. The van der Waals surface area contributed by atoms with Crippen LogP contribution < -0.4 is 0 Å². The number of hydrogen-bond acceptors (Lipinski definition) is 1. The highest BCUT2D eigenvalue weighted by Gasteiger charge is 2.26. The lowest BCUT2D eigenvalue weighted by Crippen LogP contribution is -2.39. The normalized spacial score (nSPS) is 18.5. The van der Waals surface area contributed by atoms with Gasteiger partial charge in [-0.2, -0.15) is 0 Å². The highest BCUT2D eigenvalue weighted by atomic mass is 19.1. The number of benzene rings is 2. The van der Waals surface area contributed by atoms with Gasteiger partial charge in [-0.3, -0.25) is 4.79 Å². The molecule has 0 bridgehead atoms. The predicted molar refractivity (Wildman–Crippen MR) is 80.7 cm³/mol. The lowest BCUT2D eigenvalue weighted by molar-refractivity contribution is 0.0702. The first-order valence-electron chi connectivity index (χ1n) is 7.34. The van der Waals surface area contributed by atoms with Crippen LogP contribution in [0, 0.1) is 5.82 Å². The largest absolute Gasteiger partial charge is 0.338 e. The second-order valence-corrected chi connectivity index (χ2v) is 5.48. The Hall–Kier alpha value is -2.16. The van der Waals surface area contributed by atoms with E-state index in [1.165, 1.54) is 11.6 Å². The van der Waals surface area contributed by atoms with Crippen molar-refractivity contribution in [3.63, 3.8) is 0 Å². The molecule has 0 N–H and O–H groups in total. The third kappa shape index (κ3) is 2.97. The van der Waals surface area contributed by atoms with Crippen LogP contribution in [-0.2, 0) is 0 Å². The standard InChI is InChI=1S/C18H18FNO/c19-17-11-5-4-10-16(17)18(21)20-12-6-9-15(13-20)14-7-2-1-3-8-14/h1-5,7-8,10-11,15H,6,9,12-13H2/t15-/m0/s1. The summed E-state index contributed by atoms with van der Waals surface area (Å²) in [4.78, 5) is 14.3. The molecular formula is C18H18FNO. The maximum Gasteiger partial charge on any atom is 0.256 e. The van der Waals surface area contributed by atoms with Crippen molar-refractivity contribution in [2.45, 2.75) is 18.8 Å². The zero-order valence-corrected chi connectivity index (χ0v) is 11.8. The van der Waals surface area contributed by atoms with Crippen molar-refractivity contribution in [2.75, 3.05) is 13.1 Å². The second-order valence-electron chi connectivity index (χ2n) is 5.48. The van der Waals surface area contributed by atoms with Crippen molar-refractivity contribution in [1.82, 2.24) is 4.90 Å². The van der Waals surface area contributed by atoms with Gasteiger partial charge < -0.3 is 4.90 Å². The number of likely N-dealkylation sites (tertiary alicyclic amines) is 1. The van der Waals surface area contributed by atoms with Crippen molar-refractivity contribution in [1.29, 1.82) is 0 Å². The molecule has 0 spiro atoms. The van der Waals surface area contributed by atoms with Gasteiger partial charge in [-0.05, 0) is 30.5 Å². The van der Waals surface area contributed by atoms with E-state index in [0.29, 0.717) is 19.0 Å². The molecular weight excluding hydrogens is 265 g/mol. The van der Waals surface area contributed by atoms with Gasteiger partial charge >= 0.3 is 0 Å². The highest BCUT2D eigenvalue weighted by molar-refractivity contribution is 5.94. The summed E-state index contributed by atoms with van der Waals surface area (Å²) in [6.07, 6.45) is 2.03. The lowest BCUT2D eigenvalue weighted by atomic mass is 9.90. The van der Waals surface area contributed by atoms with E-state index in [1.807, 2.05) is 18.2 Å². The number of carbonyl (C=O) groups excluding carboxylic acids is 1. The third-order valence-electron chi connectivity index (χ3n) is 4.08. The molecule has 1 fully saturated rings. The summed E-state index contributed by atoms with van der Waals surface area (Å²) in [6.45, 7) is 1.37. The van der Waals surface area contributed by atoms with Gasteiger partial charge in [-0.25, -0.2) is 4.39 Å². The van der Waals surface area contributed by atoms with Crippen LogP contribution in [0.25, 0.3) is 0 Å². The predicted octanol–water partition coefficient (Wildman–Crippen LogP) is 3.85. The van der Waals surface area contributed by atoms with Crippen molar-refractivity contribution in [3.05, 3.63) is 71.5 Å². The molecule has 1 aliphatic rings. The fourth-order valence-corrected chi connectivity index (χ4v) is 2.96. The van der Waals surface area contributed by atoms with Crippen LogP contribution in [-0.4, -0.2) is 23.9 Å². The van der Waals surface area contributed by atoms with Crippen LogP contribution in [0.2, 0.25) is 0 Å². The number of piperidine rings is 1. The molecule has 1 atom stereocenters. The molecule has 3 rings (SSSR count). The smallest absolute Gasteiger partial charge is 0.256 e. The first kappa shape index (κ1) is 13.8. The van der Waals surface area contributed by atoms with E-state index in [4.69, 9.17) is 0 Å². The van der Waals surface area contributed by atoms with Crippen molar-refractivity contribution in [2.24, 2.45) is 0 Å². The molecule has 0 saturated carbocycles. The molecule has 108 valence electrons. The molecule has 2 aromatic rings. The van der Waals surface area contributed by atoms with Gasteiger partial charge in [0.1, 0.15) is 5.82 Å². The minimum absolute atomic E-state index is 0.172. The molecule has 1 amide bonds. The van der Waals surface area contributed by atoms with Gasteiger partial charge in [0.05, 0.1) is 5.56 Å². The number of halogens is 1. The van der Waals surface area contributed by atoms with Crippen LogP contribution in [0.5, 0.6) is 0 Å². The maximum atomic E-state index is 13.8. The highest BCUT2D eigenvalue weighted by Crippen LogP contribution is 2.27. The zero-order valence-electron chi connectivity index (χ0n) is 11.8. The van der Waals surface area contributed by atoms with Gasteiger partial charge in [-0.1, -0.05) is 42.5 Å². The van der Waals surface area contributed by atoms with Gasteiger partial charge in [0.2, 0.25) is 0 Å². The molecule has 1 heterocycles. The van der Waals surface area contributed by atoms with Crippen LogP contribution >= 0.6 is 0 Å². The van der Waals surface area contributed by atoms with Gasteiger partial charge in [0.25, 0.3) is 5.91 Å². The Balaban J connectivity index is 1.77. The van der Waals surface area contributed by atoms with E-state index in [2.05, 4.69) is 12.1 Å². The molecule has 0 radical (unpaired) electrons. The fraction of sp³-hybridized carbons (Fsp3) is 0.278. The Morgan fingerprint density at radius 2 is 1.76 bits per heavy atom.